The molecular formula is C32H24Br14O2. The molecule has 0 radical (unpaired) electrons. The molecule has 2 nitrogen and oxygen atoms in total. The Bertz CT molecular complexity index is 1640. The minimum Gasteiger partial charge on any atom is -0.490 e. The fourth-order valence-electron chi connectivity index (χ4n) is 5.19. The van der Waals surface area contributed by atoms with E-state index in [9.17, 15) is 0 Å². The predicted molar refractivity (Wildman–Crippen MR) is 256 cm³/mol. The van der Waals surface area contributed by atoms with E-state index in [1.807, 2.05) is 0 Å². The second-order valence-corrected chi connectivity index (χ2v) is 24.0. The van der Waals surface area contributed by atoms with Gasteiger partial charge in [-0.25, -0.2) is 0 Å². The standard InChI is InChI=1S/C32H24Br14O2/c1-12(13-2-4-15(35)27-25(13)17(37)6-19(39)31(27)47-10-23(43)29(45)21(41)8-33)14-3-5-16(36)28-26(14)18(38)7-20(40)32(28)48-11-24(44)30(46)22(42)9-34/h2-7,12,21-24,29-30H,8-11H2,1H3. The van der Waals surface area contributed by atoms with Crippen molar-refractivity contribution in [1.29, 1.82) is 0 Å². The van der Waals surface area contributed by atoms with Gasteiger partial charge in [-0.2, -0.15) is 0 Å². The zero-order valence-corrected chi connectivity index (χ0v) is 46.6. The van der Waals surface area contributed by atoms with E-state index in [2.05, 4.69) is 266 Å². The zero-order valence-electron chi connectivity index (χ0n) is 24.4. The van der Waals surface area contributed by atoms with Crippen LogP contribution in [-0.4, -0.2) is 52.8 Å². The molecule has 0 bridgehead atoms. The van der Waals surface area contributed by atoms with Gasteiger partial charge in [-0.3, -0.25) is 0 Å². The largest absolute Gasteiger partial charge is 0.490 e. The molecule has 48 heavy (non-hydrogen) atoms. The van der Waals surface area contributed by atoms with Gasteiger partial charge in [-0.1, -0.05) is 210 Å². The third kappa shape index (κ3) is 10.2. The highest BCUT2D eigenvalue weighted by molar-refractivity contribution is 9.15. The van der Waals surface area contributed by atoms with E-state index < -0.39 is 0 Å². The highest BCUT2D eigenvalue weighted by Gasteiger charge is 2.28. The van der Waals surface area contributed by atoms with Crippen LogP contribution in [0.4, 0.5) is 0 Å². The molecule has 0 fully saturated rings. The van der Waals surface area contributed by atoms with E-state index in [0.717, 1.165) is 81.7 Å². The molecule has 4 rings (SSSR count). The maximum Gasteiger partial charge on any atom is 0.142 e. The van der Waals surface area contributed by atoms with Crippen molar-refractivity contribution in [1.82, 2.24) is 0 Å². The quantitative estimate of drug-likeness (QED) is 0.117. The number of rotatable bonds is 14. The fraction of sp³-hybridized carbons (Fsp3) is 0.375. The van der Waals surface area contributed by atoms with Crippen molar-refractivity contribution in [3.05, 3.63) is 74.4 Å². The van der Waals surface area contributed by atoms with Crippen molar-refractivity contribution < 1.29 is 9.47 Å². The molecule has 4 aromatic rings. The zero-order chi connectivity index (χ0) is 35.6. The van der Waals surface area contributed by atoms with Crippen LogP contribution in [0.5, 0.6) is 11.5 Å². The highest BCUT2D eigenvalue weighted by atomic mass is 79.9. The van der Waals surface area contributed by atoms with Crippen molar-refractivity contribution in [3.8, 4) is 11.5 Å². The third-order valence-electron chi connectivity index (χ3n) is 7.63. The van der Waals surface area contributed by atoms with Crippen LogP contribution in [0.15, 0.2) is 63.2 Å². The Morgan fingerprint density at radius 2 is 0.833 bits per heavy atom. The lowest BCUT2D eigenvalue weighted by molar-refractivity contribution is 0.319. The SMILES string of the molecule is CC(c1ccc(Br)c2c(OCC(Br)C(Br)C(Br)CBr)c(Br)cc(Br)c12)c1ccc(Br)c2c(OCC(Br)C(Br)C(Br)CBr)c(Br)cc(Br)c12. The smallest absolute Gasteiger partial charge is 0.142 e. The molecular weight excluding hydrogens is 1540 g/mol. The van der Waals surface area contributed by atoms with Gasteiger partial charge >= 0.3 is 0 Å². The average molecular weight is 1560 g/mol. The predicted octanol–water partition coefficient (Wildman–Crippen LogP) is 16.8. The Morgan fingerprint density at radius 1 is 0.479 bits per heavy atom. The van der Waals surface area contributed by atoms with E-state index in [-0.39, 0.29) is 34.9 Å². The molecule has 0 N–H and O–H groups in total. The lowest BCUT2D eigenvalue weighted by Crippen LogP contribution is -2.30. The minimum absolute atomic E-state index is 0.000267. The third-order valence-corrected chi connectivity index (χ3v) is 23.4. The Labute approximate surface area is 399 Å². The molecule has 6 unspecified atom stereocenters. The number of hydrogen-bond donors (Lipinski definition) is 0. The molecule has 0 heterocycles. The first-order valence-corrected chi connectivity index (χ1v) is 26.6. The first kappa shape index (κ1) is 44.4. The first-order valence-electron chi connectivity index (χ1n) is 14.1. The number of benzene rings is 4. The summed E-state index contributed by atoms with van der Waals surface area (Å²) in [5.41, 5.74) is 2.32. The van der Waals surface area contributed by atoms with Crippen LogP contribution in [0.3, 0.4) is 0 Å². The van der Waals surface area contributed by atoms with E-state index in [0.29, 0.717) is 13.2 Å². The maximum atomic E-state index is 6.56. The number of halogens is 14. The average Bonchev–Trinajstić information content (AvgIpc) is 3.06. The Balaban J connectivity index is 1.82. The molecule has 16 heteroatoms. The second kappa shape index (κ2) is 20.2. The summed E-state index contributed by atoms with van der Waals surface area (Å²) in [5.74, 6) is 1.56. The van der Waals surface area contributed by atoms with E-state index in [1.54, 1.807) is 0 Å². The van der Waals surface area contributed by atoms with E-state index in [1.165, 1.54) is 0 Å². The van der Waals surface area contributed by atoms with Gasteiger partial charge < -0.3 is 9.47 Å². The highest BCUT2D eigenvalue weighted by Crippen LogP contribution is 2.50. The van der Waals surface area contributed by atoms with Crippen molar-refractivity contribution in [3.63, 3.8) is 0 Å². The summed E-state index contributed by atoms with van der Waals surface area (Å²) >= 11 is 52.9. The van der Waals surface area contributed by atoms with Gasteiger partial charge in [-0.15, -0.1) is 0 Å². The summed E-state index contributed by atoms with van der Waals surface area (Å²) < 4.78 is 18.7. The lowest BCUT2D eigenvalue weighted by Gasteiger charge is -2.25. The van der Waals surface area contributed by atoms with Gasteiger partial charge in [0.05, 0.1) is 18.6 Å². The molecule has 0 spiro atoms. The molecule has 6 atom stereocenters. The molecule has 0 amide bonds. The Hall–Kier alpha value is 3.72. The summed E-state index contributed by atoms with van der Waals surface area (Å²) in [5, 5.41) is 5.79. The summed E-state index contributed by atoms with van der Waals surface area (Å²) in [6, 6.07) is 12.7. The Kier molecular flexibility index (Phi) is 18.7. The maximum absolute atomic E-state index is 6.56. The topological polar surface area (TPSA) is 18.5 Å². The molecule has 0 aliphatic rings. The van der Waals surface area contributed by atoms with Crippen LogP contribution >= 0.6 is 223 Å². The molecule has 0 saturated carbocycles. The number of alkyl halides is 8. The van der Waals surface area contributed by atoms with Gasteiger partial charge in [0.25, 0.3) is 0 Å². The van der Waals surface area contributed by atoms with Gasteiger partial charge in [0.2, 0.25) is 0 Å². The van der Waals surface area contributed by atoms with Crippen LogP contribution in [0.25, 0.3) is 21.5 Å². The van der Waals surface area contributed by atoms with Crippen LogP contribution in [0.1, 0.15) is 24.0 Å². The van der Waals surface area contributed by atoms with Crippen molar-refractivity contribution in [2.24, 2.45) is 0 Å². The van der Waals surface area contributed by atoms with Crippen molar-refractivity contribution >= 4 is 245 Å². The summed E-state index contributed by atoms with van der Waals surface area (Å²) in [6.45, 7) is 3.17. The van der Waals surface area contributed by atoms with Crippen LogP contribution in [0.2, 0.25) is 0 Å². The van der Waals surface area contributed by atoms with Gasteiger partial charge in [0.1, 0.15) is 24.7 Å². The fourth-order valence-corrected chi connectivity index (χ4v) is 14.3. The summed E-state index contributed by atoms with van der Waals surface area (Å²) in [6.07, 6.45) is 0. The van der Waals surface area contributed by atoms with Gasteiger partial charge in [0, 0.05) is 75.3 Å². The monoisotopic (exact) mass is 1550 g/mol. The number of fused-ring (bicyclic) bond motifs is 2. The molecule has 0 saturated heterocycles. The molecule has 0 aliphatic carbocycles. The minimum atomic E-state index is -0.000267. The summed E-state index contributed by atoms with van der Waals surface area (Å²) in [4.78, 5) is 0.934. The van der Waals surface area contributed by atoms with Crippen molar-refractivity contribution in [2.75, 3.05) is 23.9 Å². The van der Waals surface area contributed by atoms with Crippen LogP contribution in [-0.2, 0) is 0 Å². The van der Waals surface area contributed by atoms with Gasteiger partial charge in [0.15, 0.2) is 0 Å². The van der Waals surface area contributed by atoms with Crippen LogP contribution < -0.4 is 9.47 Å². The summed E-state index contributed by atoms with van der Waals surface area (Å²) in [7, 11) is 0. The molecule has 4 aromatic carbocycles. The van der Waals surface area contributed by atoms with Crippen molar-refractivity contribution in [2.45, 2.75) is 41.8 Å². The molecule has 0 aliphatic heterocycles. The number of ether oxygens (including phenoxy) is 2. The van der Waals surface area contributed by atoms with E-state index in [4.69, 9.17) is 9.47 Å². The van der Waals surface area contributed by atoms with Crippen LogP contribution in [0, 0.1) is 0 Å². The Morgan fingerprint density at radius 3 is 1.17 bits per heavy atom. The van der Waals surface area contributed by atoms with Gasteiger partial charge in [-0.05, 0) is 67.3 Å². The molecule has 262 valence electrons. The van der Waals surface area contributed by atoms with E-state index >= 15 is 0 Å². The number of hydrogen-bond acceptors (Lipinski definition) is 2. The second-order valence-electron chi connectivity index (χ2n) is 10.7. The normalized spacial score (nSPS) is 16.4. The lowest BCUT2D eigenvalue weighted by atomic mass is 9.86. The first-order chi connectivity index (χ1) is 22.6. The molecule has 0 aromatic heterocycles.